The summed E-state index contributed by atoms with van der Waals surface area (Å²) in [5, 5.41) is 0. The minimum atomic E-state index is -0.312. The molecule has 0 N–H and O–H groups in total. The van der Waals surface area contributed by atoms with Gasteiger partial charge in [-0.15, -0.1) is 0 Å². The van der Waals surface area contributed by atoms with Gasteiger partial charge in [0.25, 0.3) is 0 Å². The first-order chi connectivity index (χ1) is 7.77. The summed E-state index contributed by atoms with van der Waals surface area (Å²) in [6.45, 7) is 4.45. The molecule has 16 heavy (non-hydrogen) atoms. The molecule has 88 valence electrons. The Bertz CT molecular complexity index is 334. The maximum atomic E-state index is 11.2. The van der Waals surface area contributed by atoms with Crippen LogP contribution in [0.2, 0.25) is 0 Å². The van der Waals surface area contributed by atoms with Crippen molar-refractivity contribution in [3.05, 3.63) is 29.8 Å². The Morgan fingerprint density at radius 2 is 2.00 bits per heavy atom. The standard InChI is InChI=1S/C13H18O3/c1-3-9-15-13(14)10-16-12-8-6-5-7-11(12)4-2/h5-8H,3-4,9-10H2,1-2H3. The number of carbonyl (C=O) groups is 1. The summed E-state index contributed by atoms with van der Waals surface area (Å²) in [4.78, 5) is 11.2. The molecule has 3 heteroatoms. The molecule has 0 amide bonds. The third kappa shape index (κ3) is 3.93. The van der Waals surface area contributed by atoms with Crippen molar-refractivity contribution in [3.8, 4) is 5.75 Å². The van der Waals surface area contributed by atoms with E-state index in [1.807, 2.05) is 31.2 Å². The van der Waals surface area contributed by atoms with E-state index >= 15 is 0 Å². The maximum Gasteiger partial charge on any atom is 0.344 e. The van der Waals surface area contributed by atoms with Crippen LogP contribution in [0.3, 0.4) is 0 Å². The molecule has 0 heterocycles. The van der Waals surface area contributed by atoms with Crippen molar-refractivity contribution in [2.24, 2.45) is 0 Å². The van der Waals surface area contributed by atoms with E-state index < -0.39 is 0 Å². The van der Waals surface area contributed by atoms with Crippen molar-refractivity contribution in [1.82, 2.24) is 0 Å². The lowest BCUT2D eigenvalue weighted by Crippen LogP contribution is -2.15. The zero-order chi connectivity index (χ0) is 11.8. The first-order valence-electron chi connectivity index (χ1n) is 5.64. The zero-order valence-corrected chi connectivity index (χ0v) is 9.86. The molecule has 0 spiro atoms. The van der Waals surface area contributed by atoms with Crippen LogP contribution in [0.15, 0.2) is 24.3 Å². The predicted octanol–water partition coefficient (Wildman–Crippen LogP) is 2.58. The van der Waals surface area contributed by atoms with Crippen LogP contribution in [0.4, 0.5) is 0 Å². The van der Waals surface area contributed by atoms with Crippen molar-refractivity contribution in [2.75, 3.05) is 13.2 Å². The van der Waals surface area contributed by atoms with Gasteiger partial charge in [0.1, 0.15) is 5.75 Å². The molecule has 0 atom stereocenters. The molecule has 1 aromatic rings. The number of hydrogen-bond acceptors (Lipinski definition) is 3. The Kier molecular flexibility index (Phi) is 5.40. The molecule has 0 unspecified atom stereocenters. The number of carbonyl (C=O) groups excluding carboxylic acids is 1. The summed E-state index contributed by atoms with van der Waals surface area (Å²) in [6.07, 6.45) is 1.72. The largest absolute Gasteiger partial charge is 0.482 e. The van der Waals surface area contributed by atoms with Crippen LogP contribution in [0.1, 0.15) is 25.8 Å². The zero-order valence-electron chi connectivity index (χ0n) is 9.86. The molecule has 0 saturated carbocycles. The third-order valence-electron chi connectivity index (χ3n) is 2.17. The van der Waals surface area contributed by atoms with Gasteiger partial charge in [-0.05, 0) is 24.5 Å². The fraction of sp³-hybridized carbons (Fsp3) is 0.462. The van der Waals surface area contributed by atoms with E-state index in [0.29, 0.717) is 6.61 Å². The Hall–Kier alpha value is -1.51. The van der Waals surface area contributed by atoms with Crippen LogP contribution < -0.4 is 4.74 Å². The Balaban J connectivity index is 2.44. The number of hydrogen-bond donors (Lipinski definition) is 0. The van der Waals surface area contributed by atoms with E-state index in [1.54, 1.807) is 0 Å². The van der Waals surface area contributed by atoms with Gasteiger partial charge >= 0.3 is 5.97 Å². The van der Waals surface area contributed by atoms with Gasteiger partial charge in [0.15, 0.2) is 6.61 Å². The number of esters is 1. The second kappa shape index (κ2) is 6.88. The monoisotopic (exact) mass is 222 g/mol. The van der Waals surface area contributed by atoms with Crippen LogP contribution in [-0.2, 0) is 16.0 Å². The molecule has 0 aliphatic carbocycles. The second-order valence-electron chi connectivity index (χ2n) is 3.47. The van der Waals surface area contributed by atoms with E-state index in [2.05, 4.69) is 6.92 Å². The molecule has 0 bridgehead atoms. The van der Waals surface area contributed by atoms with E-state index in [0.717, 1.165) is 24.2 Å². The quantitative estimate of drug-likeness (QED) is 0.694. The van der Waals surface area contributed by atoms with Gasteiger partial charge in [-0.1, -0.05) is 32.0 Å². The highest BCUT2D eigenvalue weighted by atomic mass is 16.6. The molecular weight excluding hydrogens is 204 g/mol. The maximum absolute atomic E-state index is 11.2. The second-order valence-corrected chi connectivity index (χ2v) is 3.47. The topological polar surface area (TPSA) is 35.5 Å². The van der Waals surface area contributed by atoms with Crippen LogP contribution in [0.5, 0.6) is 5.75 Å². The first-order valence-corrected chi connectivity index (χ1v) is 5.64. The smallest absolute Gasteiger partial charge is 0.344 e. The molecule has 0 saturated heterocycles. The van der Waals surface area contributed by atoms with Crippen LogP contribution in [0, 0.1) is 0 Å². The van der Waals surface area contributed by atoms with Crippen molar-refractivity contribution in [3.63, 3.8) is 0 Å². The number of ether oxygens (including phenoxy) is 2. The van der Waals surface area contributed by atoms with E-state index in [9.17, 15) is 4.79 Å². The van der Waals surface area contributed by atoms with Gasteiger partial charge in [-0.25, -0.2) is 4.79 Å². The highest BCUT2D eigenvalue weighted by Crippen LogP contribution is 2.17. The van der Waals surface area contributed by atoms with Gasteiger partial charge in [0.05, 0.1) is 6.61 Å². The van der Waals surface area contributed by atoms with Crippen LogP contribution >= 0.6 is 0 Å². The summed E-state index contributed by atoms with van der Waals surface area (Å²) in [7, 11) is 0. The Morgan fingerprint density at radius 1 is 1.25 bits per heavy atom. The molecule has 1 rings (SSSR count). The van der Waals surface area contributed by atoms with Gasteiger partial charge in [0, 0.05) is 0 Å². The SMILES string of the molecule is CCCOC(=O)COc1ccccc1CC. The van der Waals surface area contributed by atoms with Crippen LogP contribution in [0.25, 0.3) is 0 Å². The molecule has 0 aliphatic rings. The molecule has 0 aliphatic heterocycles. The molecule has 1 aromatic carbocycles. The fourth-order valence-corrected chi connectivity index (χ4v) is 1.33. The van der Waals surface area contributed by atoms with Gasteiger partial charge in [0.2, 0.25) is 0 Å². The van der Waals surface area contributed by atoms with Gasteiger partial charge in [-0.3, -0.25) is 0 Å². The summed E-state index contributed by atoms with van der Waals surface area (Å²) in [6, 6.07) is 7.71. The first kappa shape index (κ1) is 12.6. The Labute approximate surface area is 96.4 Å². The third-order valence-corrected chi connectivity index (χ3v) is 2.17. The summed E-state index contributed by atoms with van der Waals surface area (Å²) in [5.41, 5.74) is 1.10. The fourth-order valence-electron chi connectivity index (χ4n) is 1.33. The summed E-state index contributed by atoms with van der Waals surface area (Å²) < 4.78 is 10.3. The highest BCUT2D eigenvalue weighted by molar-refractivity contribution is 5.71. The van der Waals surface area contributed by atoms with E-state index in [4.69, 9.17) is 9.47 Å². The molecular formula is C13H18O3. The van der Waals surface area contributed by atoms with E-state index in [-0.39, 0.29) is 12.6 Å². The average Bonchev–Trinajstić information content (AvgIpc) is 2.34. The number of benzene rings is 1. The minimum Gasteiger partial charge on any atom is -0.482 e. The molecule has 3 nitrogen and oxygen atoms in total. The number of aryl methyl sites for hydroxylation is 1. The lowest BCUT2D eigenvalue weighted by Gasteiger charge is -2.09. The Morgan fingerprint density at radius 3 is 2.69 bits per heavy atom. The normalized spacial score (nSPS) is 9.88. The lowest BCUT2D eigenvalue weighted by molar-refractivity contribution is -0.146. The van der Waals surface area contributed by atoms with Gasteiger partial charge < -0.3 is 9.47 Å². The lowest BCUT2D eigenvalue weighted by atomic mass is 10.1. The van der Waals surface area contributed by atoms with Crippen molar-refractivity contribution >= 4 is 5.97 Å². The van der Waals surface area contributed by atoms with Crippen molar-refractivity contribution in [1.29, 1.82) is 0 Å². The van der Waals surface area contributed by atoms with Crippen molar-refractivity contribution in [2.45, 2.75) is 26.7 Å². The molecule has 0 aromatic heterocycles. The highest BCUT2D eigenvalue weighted by Gasteiger charge is 2.05. The number of para-hydroxylation sites is 1. The minimum absolute atomic E-state index is 0.0169. The average molecular weight is 222 g/mol. The predicted molar refractivity (Wildman–Crippen MR) is 62.6 cm³/mol. The molecule has 0 fully saturated rings. The number of rotatable bonds is 6. The van der Waals surface area contributed by atoms with Crippen molar-refractivity contribution < 1.29 is 14.3 Å². The summed E-state index contributed by atoms with van der Waals surface area (Å²) >= 11 is 0. The van der Waals surface area contributed by atoms with E-state index in [1.165, 1.54) is 0 Å². The molecule has 0 radical (unpaired) electrons. The van der Waals surface area contributed by atoms with Crippen LogP contribution in [-0.4, -0.2) is 19.2 Å². The van der Waals surface area contributed by atoms with Gasteiger partial charge in [-0.2, -0.15) is 0 Å². The summed E-state index contributed by atoms with van der Waals surface area (Å²) in [5.74, 6) is 0.450.